The van der Waals surface area contributed by atoms with Crippen LogP contribution >= 0.6 is 23.2 Å². The molecule has 2 aromatic carbocycles. The van der Waals surface area contributed by atoms with Crippen LogP contribution in [0.15, 0.2) is 41.2 Å². The first-order valence-corrected chi connectivity index (χ1v) is 9.86. The number of phenols is 1. The van der Waals surface area contributed by atoms with E-state index >= 15 is 0 Å². The molecule has 0 spiro atoms. The van der Waals surface area contributed by atoms with Gasteiger partial charge in [0.2, 0.25) is 0 Å². The molecule has 1 aliphatic heterocycles. The maximum absolute atomic E-state index is 12.7. The summed E-state index contributed by atoms with van der Waals surface area (Å²) in [5.74, 6) is 0.809. The number of phenolic OH excluding ortho intramolecular Hbond substituents is 1. The van der Waals surface area contributed by atoms with Crippen LogP contribution in [0.5, 0.6) is 11.5 Å². The van der Waals surface area contributed by atoms with Crippen molar-refractivity contribution in [1.29, 1.82) is 0 Å². The normalized spacial score (nSPS) is 13.9. The van der Waals surface area contributed by atoms with E-state index in [1.165, 1.54) is 7.11 Å². The van der Waals surface area contributed by atoms with Crippen molar-refractivity contribution < 1.29 is 9.84 Å². The Bertz CT molecular complexity index is 1110. The summed E-state index contributed by atoms with van der Waals surface area (Å²) >= 11 is 12.0. The first-order chi connectivity index (χ1) is 13.9. The molecule has 0 fully saturated rings. The molecule has 2 heterocycles. The van der Waals surface area contributed by atoms with Crippen LogP contribution in [0.3, 0.4) is 0 Å². The van der Waals surface area contributed by atoms with Gasteiger partial charge in [0.25, 0.3) is 5.56 Å². The van der Waals surface area contributed by atoms with Gasteiger partial charge >= 0.3 is 0 Å². The Morgan fingerprint density at radius 2 is 2.00 bits per heavy atom. The number of ether oxygens (including phenoxy) is 1. The zero-order valence-electron chi connectivity index (χ0n) is 15.7. The Kier molecular flexibility index (Phi) is 5.50. The molecule has 2 N–H and O–H groups in total. The highest BCUT2D eigenvalue weighted by Gasteiger charge is 2.22. The highest BCUT2D eigenvalue weighted by Crippen LogP contribution is 2.35. The molecule has 0 saturated carbocycles. The number of benzene rings is 2. The van der Waals surface area contributed by atoms with Gasteiger partial charge < -0.3 is 14.8 Å². The molecule has 0 radical (unpaired) electrons. The fourth-order valence-corrected chi connectivity index (χ4v) is 3.85. The van der Waals surface area contributed by atoms with E-state index in [-0.39, 0.29) is 16.3 Å². The predicted molar refractivity (Wildman–Crippen MR) is 113 cm³/mol. The highest BCUT2D eigenvalue weighted by molar-refractivity contribution is 6.32. The number of hydrogen-bond donors (Lipinski definition) is 2. The first-order valence-electron chi connectivity index (χ1n) is 9.10. The average Bonchev–Trinajstić information content (AvgIpc) is 2.71. The second-order valence-electron chi connectivity index (χ2n) is 6.94. The number of halogens is 2. The smallest absolute Gasteiger partial charge is 0.255 e. The topological polar surface area (TPSA) is 78.5 Å². The average molecular weight is 432 g/mol. The minimum atomic E-state index is -0.133. The lowest BCUT2D eigenvalue weighted by atomic mass is 10.1. The van der Waals surface area contributed by atoms with Crippen LogP contribution < -0.4 is 10.3 Å². The van der Waals surface area contributed by atoms with E-state index < -0.39 is 0 Å². The number of aromatic amines is 1. The number of aromatic hydroxyl groups is 1. The first kappa shape index (κ1) is 19.8. The van der Waals surface area contributed by atoms with E-state index in [1.807, 2.05) is 12.1 Å². The monoisotopic (exact) mass is 431 g/mol. The van der Waals surface area contributed by atoms with Gasteiger partial charge in [0.15, 0.2) is 11.5 Å². The SMILES string of the molecule is COc1cc(CN2CCc3nc(-c4ccc(Cl)cc4)[nH]c(=O)c3C2)cc(Cl)c1O. The van der Waals surface area contributed by atoms with Crippen LogP contribution in [0.1, 0.15) is 16.8 Å². The Balaban J connectivity index is 1.57. The number of aromatic nitrogens is 2. The highest BCUT2D eigenvalue weighted by atomic mass is 35.5. The molecule has 1 aliphatic rings. The number of hydrogen-bond acceptors (Lipinski definition) is 5. The van der Waals surface area contributed by atoms with Crippen LogP contribution in [0.4, 0.5) is 0 Å². The number of nitrogens with zero attached hydrogens (tertiary/aromatic N) is 2. The summed E-state index contributed by atoms with van der Waals surface area (Å²) < 4.78 is 5.17. The molecule has 0 saturated heterocycles. The summed E-state index contributed by atoms with van der Waals surface area (Å²) in [7, 11) is 1.48. The minimum absolute atomic E-state index is 0.0720. The molecule has 0 bridgehead atoms. The van der Waals surface area contributed by atoms with Crippen LogP contribution in [0.25, 0.3) is 11.4 Å². The van der Waals surface area contributed by atoms with Crippen molar-refractivity contribution in [2.45, 2.75) is 19.5 Å². The minimum Gasteiger partial charge on any atom is -0.503 e. The molecule has 1 aromatic heterocycles. The zero-order valence-corrected chi connectivity index (χ0v) is 17.2. The maximum Gasteiger partial charge on any atom is 0.255 e. The third-order valence-electron chi connectivity index (χ3n) is 4.98. The number of methoxy groups -OCH3 is 1. The molecule has 29 heavy (non-hydrogen) atoms. The lowest BCUT2D eigenvalue weighted by Gasteiger charge is -2.28. The summed E-state index contributed by atoms with van der Waals surface area (Å²) in [6.45, 7) is 1.82. The summed E-state index contributed by atoms with van der Waals surface area (Å²) in [6.07, 6.45) is 0.669. The fraction of sp³-hybridized carbons (Fsp3) is 0.238. The van der Waals surface area contributed by atoms with Crippen molar-refractivity contribution in [1.82, 2.24) is 14.9 Å². The Morgan fingerprint density at radius 1 is 1.24 bits per heavy atom. The molecule has 0 atom stereocenters. The van der Waals surface area contributed by atoms with Crippen molar-refractivity contribution in [3.8, 4) is 22.9 Å². The molecule has 150 valence electrons. The maximum atomic E-state index is 12.7. The Morgan fingerprint density at radius 3 is 2.72 bits per heavy atom. The third-order valence-corrected chi connectivity index (χ3v) is 5.52. The van der Waals surface area contributed by atoms with Crippen molar-refractivity contribution in [3.63, 3.8) is 0 Å². The van der Waals surface area contributed by atoms with Gasteiger partial charge in [0.05, 0.1) is 23.4 Å². The summed E-state index contributed by atoms with van der Waals surface area (Å²) in [5, 5.41) is 10.8. The van der Waals surface area contributed by atoms with Gasteiger partial charge in [-0.3, -0.25) is 9.69 Å². The molecular formula is C21H19Cl2N3O3. The lowest BCUT2D eigenvalue weighted by molar-refractivity contribution is 0.241. The molecular weight excluding hydrogens is 413 g/mol. The third kappa shape index (κ3) is 4.10. The number of fused-ring (bicyclic) bond motifs is 1. The van der Waals surface area contributed by atoms with Crippen LogP contribution in [-0.2, 0) is 19.5 Å². The van der Waals surface area contributed by atoms with E-state index in [2.05, 4.69) is 14.9 Å². The van der Waals surface area contributed by atoms with E-state index in [9.17, 15) is 9.90 Å². The van der Waals surface area contributed by atoms with Gasteiger partial charge in [0.1, 0.15) is 5.82 Å². The number of nitrogens with one attached hydrogen (secondary N) is 1. The predicted octanol–water partition coefficient (Wildman–Crippen LogP) is 4.02. The summed E-state index contributed by atoms with van der Waals surface area (Å²) in [5.41, 5.74) is 3.07. The quantitative estimate of drug-likeness (QED) is 0.651. The lowest BCUT2D eigenvalue weighted by Crippen LogP contribution is -2.35. The molecule has 0 aliphatic carbocycles. The molecule has 3 aromatic rings. The van der Waals surface area contributed by atoms with Gasteiger partial charge in [-0.2, -0.15) is 0 Å². The Hall–Kier alpha value is -2.54. The zero-order chi connectivity index (χ0) is 20.5. The largest absolute Gasteiger partial charge is 0.503 e. The van der Waals surface area contributed by atoms with Gasteiger partial charge in [0, 0.05) is 36.6 Å². The van der Waals surface area contributed by atoms with E-state index in [1.54, 1.807) is 24.3 Å². The van der Waals surface area contributed by atoms with E-state index in [0.29, 0.717) is 41.7 Å². The van der Waals surface area contributed by atoms with E-state index in [0.717, 1.165) is 23.4 Å². The van der Waals surface area contributed by atoms with Crippen LogP contribution in [0, 0.1) is 0 Å². The van der Waals surface area contributed by atoms with Gasteiger partial charge in [-0.1, -0.05) is 23.2 Å². The second-order valence-corrected chi connectivity index (χ2v) is 7.78. The van der Waals surface area contributed by atoms with Crippen LogP contribution in [0.2, 0.25) is 10.0 Å². The molecule has 0 unspecified atom stereocenters. The molecule has 0 amide bonds. The van der Waals surface area contributed by atoms with Crippen molar-refractivity contribution in [3.05, 3.63) is 73.6 Å². The van der Waals surface area contributed by atoms with Crippen molar-refractivity contribution >= 4 is 23.2 Å². The standard InChI is InChI=1S/C21H19Cl2N3O3/c1-29-18-9-12(8-16(23)19(18)27)10-26-7-6-17-15(11-26)21(28)25-20(24-17)13-2-4-14(22)5-3-13/h2-5,8-9,27H,6-7,10-11H2,1H3,(H,24,25,28). The number of H-pyrrole nitrogens is 1. The molecule has 4 rings (SSSR count). The number of rotatable bonds is 4. The van der Waals surface area contributed by atoms with Gasteiger partial charge in [-0.25, -0.2) is 4.98 Å². The van der Waals surface area contributed by atoms with Gasteiger partial charge in [-0.05, 0) is 42.0 Å². The van der Waals surface area contributed by atoms with Crippen LogP contribution in [-0.4, -0.2) is 33.6 Å². The summed E-state index contributed by atoms with van der Waals surface area (Å²) in [6, 6.07) is 10.7. The fourth-order valence-electron chi connectivity index (χ4n) is 3.49. The second kappa shape index (κ2) is 8.06. The van der Waals surface area contributed by atoms with Crippen molar-refractivity contribution in [2.24, 2.45) is 0 Å². The molecule has 6 nitrogen and oxygen atoms in total. The summed E-state index contributed by atoms with van der Waals surface area (Å²) in [4.78, 5) is 22.4. The van der Waals surface area contributed by atoms with Gasteiger partial charge in [-0.15, -0.1) is 0 Å². The Labute approximate surface area is 177 Å². The van der Waals surface area contributed by atoms with Crippen molar-refractivity contribution in [2.75, 3.05) is 13.7 Å². The van der Waals surface area contributed by atoms with E-state index in [4.69, 9.17) is 27.9 Å². The molecule has 8 heteroatoms.